The Kier molecular flexibility index (Phi) is 2.62. The Labute approximate surface area is 91.5 Å². The highest BCUT2D eigenvalue weighted by molar-refractivity contribution is 7.89. The Hall–Kier alpha value is -1.14. The predicted molar refractivity (Wildman–Crippen MR) is 58.4 cm³/mol. The average Bonchev–Trinajstić information content (AvgIpc) is 2.68. The number of hydrogen-bond donors (Lipinski definition) is 0. The normalized spacial score (nSPS) is 11.8. The quantitative estimate of drug-likeness (QED) is 0.826. The van der Waals surface area contributed by atoms with Crippen molar-refractivity contribution in [2.24, 2.45) is 0 Å². The van der Waals surface area contributed by atoms with Gasteiger partial charge in [-0.1, -0.05) is 0 Å². The van der Waals surface area contributed by atoms with Gasteiger partial charge in [-0.3, -0.25) is 0 Å². The molecule has 0 fully saturated rings. The molecule has 0 spiro atoms. The fourth-order valence-corrected chi connectivity index (χ4v) is 2.73. The first-order valence-electron chi connectivity index (χ1n) is 4.20. The van der Waals surface area contributed by atoms with Crippen molar-refractivity contribution in [2.75, 3.05) is 6.26 Å². The molecule has 80 valence electrons. The Bertz CT molecular complexity index is 540. The molecule has 0 amide bonds. The molecule has 0 atom stereocenters. The van der Waals surface area contributed by atoms with Gasteiger partial charge in [0, 0.05) is 11.6 Å². The van der Waals surface area contributed by atoms with Gasteiger partial charge in [-0.25, -0.2) is 13.4 Å². The summed E-state index contributed by atoms with van der Waals surface area (Å²) in [4.78, 5) is 4.18. The van der Waals surface area contributed by atoms with Gasteiger partial charge in [0.2, 0.25) is 0 Å². The summed E-state index contributed by atoms with van der Waals surface area (Å²) in [7, 11) is -3.02. The first kappa shape index (κ1) is 10.4. The van der Waals surface area contributed by atoms with Crippen LogP contribution >= 0.6 is 11.3 Å². The smallest absolute Gasteiger partial charge is 0.162 e. The van der Waals surface area contributed by atoms with E-state index in [9.17, 15) is 8.42 Å². The molecule has 0 aromatic carbocycles. The highest BCUT2D eigenvalue weighted by atomic mass is 32.2. The van der Waals surface area contributed by atoms with Crippen LogP contribution in [0.4, 0.5) is 0 Å². The summed E-state index contributed by atoms with van der Waals surface area (Å²) in [6.45, 7) is 0. The SMILES string of the molecule is CS(=O)(=O)Cc1csc(-c2ccco2)n1. The lowest BCUT2D eigenvalue weighted by Crippen LogP contribution is -2.00. The van der Waals surface area contributed by atoms with Crippen molar-refractivity contribution in [1.82, 2.24) is 4.98 Å². The van der Waals surface area contributed by atoms with Crippen LogP contribution in [0.3, 0.4) is 0 Å². The van der Waals surface area contributed by atoms with E-state index in [1.165, 1.54) is 17.6 Å². The molecule has 6 heteroatoms. The number of rotatable bonds is 3. The number of sulfone groups is 1. The fraction of sp³-hybridized carbons (Fsp3) is 0.222. The molecule has 2 rings (SSSR count). The van der Waals surface area contributed by atoms with Gasteiger partial charge in [-0.05, 0) is 12.1 Å². The van der Waals surface area contributed by atoms with Gasteiger partial charge >= 0.3 is 0 Å². The van der Waals surface area contributed by atoms with Crippen LogP contribution in [0, 0.1) is 0 Å². The number of aromatic nitrogens is 1. The van der Waals surface area contributed by atoms with Crippen LogP contribution < -0.4 is 0 Å². The monoisotopic (exact) mass is 243 g/mol. The first-order chi connectivity index (χ1) is 7.04. The van der Waals surface area contributed by atoms with Crippen LogP contribution in [0.2, 0.25) is 0 Å². The third kappa shape index (κ3) is 2.66. The zero-order valence-electron chi connectivity index (χ0n) is 8.00. The minimum Gasteiger partial charge on any atom is -0.462 e. The zero-order valence-corrected chi connectivity index (χ0v) is 9.64. The first-order valence-corrected chi connectivity index (χ1v) is 7.14. The molecule has 0 N–H and O–H groups in total. The van der Waals surface area contributed by atoms with E-state index >= 15 is 0 Å². The van der Waals surface area contributed by atoms with Crippen molar-refractivity contribution in [3.8, 4) is 10.8 Å². The van der Waals surface area contributed by atoms with Gasteiger partial charge in [-0.15, -0.1) is 11.3 Å². The predicted octanol–water partition coefficient (Wildman–Crippen LogP) is 1.95. The summed E-state index contributed by atoms with van der Waals surface area (Å²) in [5.41, 5.74) is 0.564. The topological polar surface area (TPSA) is 60.2 Å². The number of hydrogen-bond acceptors (Lipinski definition) is 5. The van der Waals surface area contributed by atoms with Crippen molar-refractivity contribution in [2.45, 2.75) is 5.75 Å². The molecule has 2 aromatic rings. The van der Waals surface area contributed by atoms with E-state index in [2.05, 4.69) is 4.98 Å². The Morgan fingerprint density at radius 3 is 2.93 bits per heavy atom. The number of nitrogens with zero attached hydrogens (tertiary/aromatic N) is 1. The van der Waals surface area contributed by atoms with Crippen LogP contribution in [0.15, 0.2) is 28.2 Å². The van der Waals surface area contributed by atoms with Gasteiger partial charge in [0.05, 0.1) is 17.7 Å². The second kappa shape index (κ2) is 3.79. The summed E-state index contributed by atoms with van der Waals surface area (Å²) in [6, 6.07) is 3.57. The lowest BCUT2D eigenvalue weighted by Gasteiger charge is -1.91. The summed E-state index contributed by atoms with van der Waals surface area (Å²) < 4.78 is 27.2. The van der Waals surface area contributed by atoms with Crippen LogP contribution in [0.25, 0.3) is 10.8 Å². The molecular weight excluding hydrogens is 234 g/mol. The van der Waals surface area contributed by atoms with Crippen molar-refractivity contribution in [1.29, 1.82) is 0 Å². The van der Waals surface area contributed by atoms with Crippen molar-refractivity contribution >= 4 is 21.2 Å². The maximum atomic E-state index is 11.0. The van der Waals surface area contributed by atoms with Gasteiger partial charge in [-0.2, -0.15) is 0 Å². The van der Waals surface area contributed by atoms with E-state index in [-0.39, 0.29) is 5.75 Å². The van der Waals surface area contributed by atoms with E-state index in [0.29, 0.717) is 16.5 Å². The van der Waals surface area contributed by atoms with Gasteiger partial charge in [0.25, 0.3) is 0 Å². The molecule has 15 heavy (non-hydrogen) atoms. The highest BCUT2D eigenvalue weighted by Crippen LogP contribution is 2.24. The molecule has 0 aliphatic heterocycles. The highest BCUT2D eigenvalue weighted by Gasteiger charge is 2.10. The molecule has 0 bridgehead atoms. The van der Waals surface area contributed by atoms with Gasteiger partial charge in [0.1, 0.15) is 0 Å². The van der Waals surface area contributed by atoms with Crippen molar-refractivity contribution in [3.05, 3.63) is 29.5 Å². The molecule has 0 saturated heterocycles. The summed E-state index contributed by atoms with van der Waals surface area (Å²) in [5, 5.41) is 2.44. The van der Waals surface area contributed by atoms with Gasteiger partial charge < -0.3 is 4.42 Å². The maximum absolute atomic E-state index is 11.0. The summed E-state index contributed by atoms with van der Waals surface area (Å²) in [6.07, 6.45) is 2.76. The summed E-state index contributed by atoms with van der Waals surface area (Å²) >= 11 is 1.38. The molecule has 0 aliphatic carbocycles. The molecule has 4 nitrogen and oxygen atoms in total. The largest absolute Gasteiger partial charge is 0.462 e. The zero-order chi connectivity index (χ0) is 10.9. The van der Waals surface area contributed by atoms with Crippen LogP contribution in [0.1, 0.15) is 5.69 Å². The molecule has 0 aliphatic rings. The van der Waals surface area contributed by atoms with Crippen LogP contribution in [0.5, 0.6) is 0 Å². The van der Waals surface area contributed by atoms with Crippen molar-refractivity contribution < 1.29 is 12.8 Å². The standard InChI is InChI=1S/C9H9NO3S2/c1-15(11,12)6-7-5-14-9(10-7)8-3-2-4-13-8/h2-5H,6H2,1H3. The Morgan fingerprint density at radius 1 is 1.53 bits per heavy atom. The van der Waals surface area contributed by atoms with Crippen LogP contribution in [-0.2, 0) is 15.6 Å². The lowest BCUT2D eigenvalue weighted by atomic mass is 10.5. The second-order valence-electron chi connectivity index (χ2n) is 3.19. The third-order valence-electron chi connectivity index (χ3n) is 1.69. The maximum Gasteiger partial charge on any atom is 0.162 e. The van der Waals surface area contributed by atoms with Crippen molar-refractivity contribution in [3.63, 3.8) is 0 Å². The van der Waals surface area contributed by atoms with E-state index in [0.717, 1.165) is 0 Å². The minimum absolute atomic E-state index is 0.0236. The van der Waals surface area contributed by atoms with E-state index in [1.54, 1.807) is 23.8 Å². The Balaban J connectivity index is 2.25. The molecule has 2 aromatic heterocycles. The van der Waals surface area contributed by atoms with Crippen LogP contribution in [-0.4, -0.2) is 19.7 Å². The molecule has 2 heterocycles. The molecule has 0 unspecified atom stereocenters. The van der Waals surface area contributed by atoms with E-state index < -0.39 is 9.84 Å². The Morgan fingerprint density at radius 2 is 2.33 bits per heavy atom. The number of thiazole rings is 1. The van der Waals surface area contributed by atoms with E-state index in [1.807, 2.05) is 0 Å². The second-order valence-corrected chi connectivity index (χ2v) is 6.19. The molecule has 0 radical (unpaired) electrons. The molecule has 0 saturated carbocycles. The average molecular weight is 243 g/mol. The minimum atomic E-state index is -3.02. The molecular formula is C9H9NO3S2. The third-order valence-corrected chi connectivity index (χ3v) is 3.42. The number of furan rings is 1. The fourth-order valence-electron chi connectivity index (χ4n) is 1.16. The van der Waals surface area contributed by atoms with Gasteiger partial charge in [0.15, 0.2) is 20.6 Å². The summed E-state index contributed by atoms with van der Waals surface area (Å²) in [5.74, 6) is 0.643. The van der Waals surface area contributed by atoms with E-state index in [4.69, 9.17) is 4.42 Å². The lowest BCUT2D eigenvalue weighted by molar-refractivity contribution is 0.581.